The minimum absolute atomic E-state index is 0. The van der Waals surface area contributed by atoms with E-state index in [9.17, 15) is 9.59 Å². The third-order valence-corrected chi connectivity index (χ3v) is 3.29. The van der Waals surface area contributed by atoms with E-state index in [2.05, 4.69) is 0 Å². The SMILES string of the molecule is CC(N)C(C)C(=O)N1CCCCC1C(N)=O.Cl. The Hall–Kier alpha value is -0.810. The highest BCUT2D eigenvalue weighted by Gasteiger charge is 2.33. The number of likely N-dealkylation sites (tertiary alicyclic amines) is 1. The van der Waals surface area contributed by atoms with Gasteiger partial charge < -0.3 is 16.4 Å². The number of hydrogen-bond donors (Lipinski definition) is 2. The quantitative estimate of drug-likeness (QED) is 0.765. The van der Waals surface area contributed by atoms with Crippen LogP contribution in [0.1, 0.15) is 33.1 Å². The highest BCUT2D eigenvalue weighted by molar-refractivity contribution is 5.88. The molecule has 0 aromatic carbocycles. The lowest BCUT2D eigenvalue weighted by Gasteiger charge is -2.36. The standard InChI is InChI=1S/C11H21N3O2.ClH/c1-7(8(2)12)11(16)14-6-4-3-5-9(14)10(13)15;/h7-9H,3-6,12H2,1-2H3,(H2,13,15);1H. The normalized spacial score (nSPS) is 23.5. The van der Waals surface area contributed by atoms with Crippen molar-refractivity contribution in [3.05, 3.63) is 0 Å². The van der Waals surface area contributed by atoms with Crippen LogP contribution in [0.2, 0.25) is 0 Å². The maximum Gasteiger partial charge on any atom is 0.240 e. The average Bonchev–Trinajstić information content (AvgIpc) is 2.26. The molecule has 0 aromatic heterocycles. The van der Waals surface area contributed by atoms with Crippen molar-refractivity contribution in [1.29, 1.82) is 0 Å². The Kier molecular flexibility index (Phi) is 6.49. The molecule has 0 aliphatic carbocycles. The van der Waals surface area contributed by atoms with Gasteiger partial charge in [-0.15, -0.1) is 12.4 Å². The molecule has 0 bridgehead atoms. The second kappa shape index (κ2) is 6.81. The molecule has 0 aromatic rings. The molecule has 5 nitrogen and oxygen atoms in total. The number of halogens is 1. The Balaban J connectivity index is 0.00000256. The summed E-state index contributed by atoms with van der Waals surface area (Å²) in [7, 11) is 0. The van der Waals surface area contributed by atoms with Gasteiger partial charge >= 0.3 is 0 Å². The molecule has 1 saturated heterocycles. The van der Waals surface area contributed by atoms with Gasteiger partial charge in [0.2, 0.25) is 11.8 Å². The van der Waals surface area contributed by atoms with Crippen LogP contribution >= 0.6 is 12.4 Å². The lowest BCUT2D eigenvalue weighted by Crippen LogP contribution is -2.53. The third-order valence-electron chi connectivity index (χ3n) is 3.29. The number of amides is 2. The van der Waals surface area contributed by atoms with Crippen molar-refractivity contribution in [2.45, 2.75) is 45.2 Å². The summed E-state index contributed by atoms with van der Waals surface area (Å²) in [6, 6.07) is -0.648. The Bertz CT molecular complexity index is 284. The van der Waals surface area contributed by atoms with E-state index in [4.69, 9.17) is 11.5 Å². The topological polar surface area (TPSA) is 89.4 Å². The maximum absolute atomic E-state index is 12.1. The van der Waals surface area contributed by atoms with E-state index in [1.807, 2.05) is 0 Å². The summed E-state index contributed by atoms with van der Waals surface area (Å²) in [5, 5.41) is 0. The zero-order valence-electron chi connectivity index (χ0n) is 10.4. The van der Waals surface area contributed by atoms with Crippen LogP contribution in [0.4, 0.5) is 0 Å². The van der Waals surface area contributed by atoms with Gasteiger partial charge in [-0.2, -0.15) is 0 Å². The van der Waals surface area contributed by atoms with Crippen LogP contribution in [-0.4, -0.2) is 35.3 Å². The summed E-state index contributed by atoms with van der Waals surface area (Å²) in [5.74, 6) is -0.733. The molecule has 3 unspecified atom stereocenters. The Morgan fingerprint density at radius 3 is 2.35 bits per heavy atom. The number of primary amides is 1. The lowest BCUT2D eigenvalue weighted by molar-refractivity contribution is -0.144. The number of hydrogen-bond acceptors (Lipinski definition) is 3. The van der Waals surface area contributed by atoms with E-state index < -0.39 is 11.9 Å². The molecule has 17 heavy (non-hydrogen) atoms. The number of nitrogens with two attached hydrogens (primary N) is 2. The molecule has 0 spiro atoms. The van der Waals surface area contributed by atoms with Gasteiger partial charge in [-0.3, -0.25) is 9.59 Å². The summed E-state index contributed by atoms with van der Waals surface area (Å²) in [6.45, 7) is 4.20. The zero-order chi connectivity index (χ0) is 12.3. The van der Waals surface area contributed by atoms with Crippen LogP contribution in [0.15, 0.2) is 0 Å². The minimum Gasteiger partial charge on any atom is -0.368 e. The number of piperidine rings is 1. The molecule has 6 heteroatoms. The van der Waals surface area contributed by atoms with Crippen molar-refractivity contribution < 1.29 is 9.59 Å². The number of nitrogens with zero attached hydrogens (tertiary/aromatic N) is 1. The van der Waals surface area contributed by atoms with Gasteiger partial charge in [-0.05, 0) is 26.2 Å². The summed E-state index contributed by atoms with van der Waals surface area (Å²) < 4.78 is 0. The van der Waals surface area contributed by atoms with Crippen LogP contribution in [-0.2, 0) is 9.59 Å². The molecule has 1 aliphatic heterocycles. The number of rotatable bonds is 3. The second-order valence-electron chi connectivity index (χ2n) is 4.59. The van der Waals surface area contributed by atoms with Gasteiger partial charge in [-0.25, -0.2) is 0 Å². The van der Waals surface area contributed by atoms with E-state index in [0.717, 1.165) is 12.8 Å². The van der Waals surface area contributed by atoms with Gasteiger partial charge in [0.15, 0.2) is 0 Å². The fraction of sp³-hybridized carbons (Fsp3) is 0.818. The van der Waals surface area contributed by atoms with E-state index in [1.165, 1.54) is 0 Å². The van der Waals surface area contributed by atoms with Crippen molar-refractivity contribution in [2.24, 2.45) is 17.4 Å². The Labute approximate surface area is 108 Å². The van der Waals surface area contributed by atoms with E-state index in [0.29, 0.717) is 13.0 Å². The summed E-state index contributed by atoms with van der Waals surface area (Å²) in [4.78, 5) is 24.9. The molecule has 1 heterocycles. The first-order chi connectivity index (χ1) is 7.45. The molecule has 100 valence electrons. The molecule has 0 saturated carbocycles. The lowest BCUT2D eigenvalue weighted by atomic mass is 9.96. The molecule has 1 aliphatic rings. The molecule has 3 atom stereocenters. The Morgan fingerprint density at radius 1 is 1.29 bits per heavy atom. The molecule has 1 rings (SSSR count). The first kappa shape index (κ1) is 16.2. The van der Waals surface area contributed by atoms with Crippen molar-refractivity contribution in [3.8, 4) is 0 Å². The van der Waals surface area contributed by atoms with E-state index in [-0.39, 0.29) is 30.3 Å². The highest BCUT2D eigenvalue weighted by Crippen LogP contribution is 2.19. The molecule has 0 radical (unpaired) electrons. The zero-order valence-corrected chi connectivity index (χ0v) is 11.2. The van der Waals surface area contributed by atoms with Crippen molar-refractivity contribution in [3.63, 3.8) is 0 Å². The second-order valence-corrected chi connectivity index (χ2v) is 4.59. The largest absolute Gasteiger partial charge is 0.368 e. The fourth-order valence-corrected chi connectivity index (χ4v) is 1.98. The maximum atomic E-state index is 12.1. The number of carbonyl (C=O) groups excluding carboxylic acids is 2. The molecule has 2 amide bonds. The summed E-state index contributed by atoms with van der Waals surface area (Å²) in [6.07, 6.45) is 2.55. The van der Waals surface area contributed by atoms with Crippen molar-refractivity contribution in [1.82, 2.24) is 4.90 Å². The van der Waals surface area contributed by atoms with Crippen LogP contribution in [0, 0.1) is 5.92 Å². The van der Waals surface area contributed by atoms with Crippen LogP contribution < -0.4 is 11.5 Å². The predicted octanol–water partition coefficient (Wildman–Crippen LogP) is 0.258. The Morgan fingerprint density at radius 2 is 1.88 bits per heavy atom. The third kappa shape index (κ3) is 3.85. The highest BCUT2D eigenvalue weighted by atomic mass is 35.5. The smallest absolute Gasteiger partial charge is 0.240 e. The van der Waals surface area contributed by atoms with Crippen LogP contribution in [0.5, 0.6) is 0 Å². The van der Waals surface area contributed by atoms with Crippen molar-refractivity contribution in [2.75, 3.05) is 6.54 Å². The fourth-order valence-electron chi connectivity index (χ4n) is 1.98. The van der Waals surface area contributed by atoms with Gasteiger partial charge in [0.25, 0.3) is 0 Å². The van der Waals surface area contributed by atoms with Gasteiger partial charge in [0.1, 0.15) is 6.04 Å². The van der Waals surface area contributed by atoms with Gasteiger partial charge in [0, 0.05) is 12.6 Å². The average molecular weight is 264 g/mol. The first-order valence-corrected chi connectivity index (χ1v) is 5.80. The van der Waals surface area contributed by atoms with Crippen LogP contribution in [0.25, 0.3) is 0 Å². The first-order valence-electron chi connectivity index (χ1n) is 5.80. The molecular weight excluding hydrogens is 242 g/mol. The predicted molar refractivity (Wildman–Crippen MR) is 68.6 cm³/mol. The molecular formula is C11H22ClN3O2. The summed E-state index contributed by atoms with van der Waals surface area (Å²) >= 11 is 0. The van der Waals surface area contributed by atoms with E-state index in [1.54, 1.807) is 18.7 Å². The van der Waals surface area contributed by atoms with Gasteiger partial charge in [-0.1, -0.05) is 6.92 Å². The monoisotopic (exact) mass is 263 g/mol. The minimum atomic E-state index is -0.442. The molecule has 1 fully saturated rings. The van der Waals surface area contributed by atoms with Gasteiger partial charge in [0.05, 0.1) is 5.92 Å². The molecule has 4 N–H and O–H groups in total. The summed E-state index contributed by atoms with van der Waals surface area (Å²) in [5.41, 5.74) is 11.0. The van der Waals surface area contributed by atoms with Crippen LogP contribution in [0.3, 0.4) is 0 Å². The number of carbonyl (C=O) groups is 2. The van der Waals surface area contributed by atoms with E-state index >= 15 is 0 Å². The van der Waals surface area contributed by atoms with Crippen molar-refractivity contribution >= 4 is 24.2 Å².